The van der Waals surface area contributed by atoms with E-state index in [0.29, 0.717) is 18.2 Å². The second-order valence-corrected chi connectivity index (χ2v) is 5.06. The number of methoxy groups -OCH3 is 1. The van der Waals surface area contributed by atoms with Crippen LogP contribution in [0.3, 0.4) is 0 Å². The Morgan fingerprint density at radius 2 is 2.08 bits per heavy atom. The fraction of sp³-hybridized carbons (Fsp3) is 1.00. The number of hydrogen-bond donors (Lipinski definition) is 0. The highest BCUT2D eigenvalue weighted by Crippen LogP contribution is 2.49. The molecule has 2 aliphatic carbocycles. The first-order valence-corrected chi connectivity index (χ1v) is 5.52. The molecular weight excluding hydrogens is 162 g/mol. The summed E-state index contributed by atoms with van der Waals surface area (Å²) < 4.78 is 5.60. The Balaban J connectivity index is 1.89. The molecule has 0 spiro atoms. The van der Waals surface area contributed by atoms with E-state index in [4.69, 9.17) is 10.1 Å². The van der Waals surface area contributed by atoms with Gasteiger partial charge in [-0.15, -0.1) is 0 Å². The quantitative estimate of drug-likeness (QED) is 0.598. The summed E-state index contributed by atoms with van der Waals surface area (Å²) in [6, 6.07) is 1.24. The third-order valence-corrected chi connectivity index (χ3v) is 4.56. The second kappa shape index (κ2) is 2.71. The van der Waals surface area contributed by atoms with Crippen molar-refractivity contribution in [3.05, 3.63) is 0 Å². The molecule has 1 radical (unpaired) electrons. The first-order valence-electron chi connectivity index (χ1n) is 5.52. The summed E-state index contributed by atoms with van der Waals surface area (Å²) in [7, 11) is 1.86. The average molecular weight is 180 g/mol. The molecule has 2 saturated carbocycles. The molecule has 2 aliphatic heterocycles. The normalized spacial score (nSPS) is 58.6. The van der Waals surface area contributed by atoms with Crippen LogP contribution in [-0.2, 0) is 4.74 Å². The lowest BCUT2D eigenvalue weighted by Gasteiger charge is -2.56. The summed E-state index contributed by atoms with van der Waals surface area (Å²) in [6.07, 6.45) is 4.41. The van der Waals surface area contributed by atoms with Gasteiger partial charge in [0, 0.05) is 13.2 Å². The molecule has 4 fully saturated rings. The molecule has 0 N–H and O–H groups in total. The van der Waals surface area contributed by atoms with Crippen molar-refractivity contribution in [1.82, 2.24) is 5.32 Å². The topological polar surface area (TPSA) is 23.3 Å². The average Bonchev–Trinajstić information content (AvgIpc) is 2.13. The maximum atomic E-state index is 5.60. The molecule has 4 bridgehead atoms. The summed E-state index contributed by atoms with van der Waals surface area (Å²) in [5.41, 5.74) is 0. The van der Waals surface area contributed by atoms with Crippen molar-refractivity contribution in [2.75, 3.05) is 7.11 Å². The van der Waals surface area contributed by atoms with Gasteiger partial charge in [0.25, 0.3) is 0 Å². The zero-order chi connectivity index (χ0) is 9.00. The third kappa shape index (κ3) is 1.02. The Kier molecular flexibility index (Phi) is 1.72. The highest BCUT2D eigenvalue weighted by atomic mass is 16.5. The molecule has 2 heteroatoms. The van der Waals surface area contributed by atoms with Crippen LogP contribution in [-0.4, -0.2) is 25.3 Å². The highest BCUT2D eigenvalue weighted by Gasteiger charge is 2.52. The van der Waals surface area contributed by atoms with Crippen molar-refractivity contribution in [3.63, 3.8) is 0 Å². The van der Waals surface area contributed by atoms with Crippen molar-refractivity contribution in [1.29, 1.82) is 0 Å². The molecule has 6 atom stereocenters. The van der Waals surface area contributed by atoms with E-state index in [9.17, 15) is 0 Å². The molecule has 2 nitrogen and oxygen atoms in total. The monoisotopic (exact) mass is 180 g/mol. The van der Waals surface area contributed by atoms with Crippen LogP contribution < -0.4 is 5.32 Å². The molecule has 13 heavy (non-hydrogen) atoms. The van der Waals surface area contributed by atoms with E-state index >= 15 is 0 Å². The van der Waals surface area contributed by atoms with E-state index in [-0.39, 0.29) is 0 Å². The standard InChI is InChI=1S/C11H18NO/c1-6-7-3-8-5-9(6)11(13-2)10(4-7)12-8/h6-11H,3-5H2,1-2H3. The first kappa shape index (κ1) is 8.25. The maximum Gasteiger partial charge on any atom is 0.0772 e. The third-order valence-electron chi connectivity index (χ3n) is 4.56. The number of rotatable bonds is 1. The first-order chi connectivity index (χ1) is 6.29. The molecule has 0 aromatic carbocycles. The molecular formula is C11H18NO. The lowest BCUT2D eigenvalue weighted by atomic mass is 9.58. The van der Waals surface area contributed by atoms with Crippen LogP contribution in [0.2, 0.25) is 0 Å². The van der Waals surface area contributed by atoms with E-state index in [1.54, 1.807) is 0 Å². The van der Waals surface area contributed by atoms with Crippen molar-refractivity contribution in [3.8, 4) is 0 Å². The van der Waals surface area contributed by atoms with Gasteiger partial charge in [-0.2, -0.15) is 0 Å². The lowest BCUT2D eigenvalue weighted by Crippen LogP contribution is -2.63. The fourth-order valence-electron chi connectivity index (χ4n) is 3.88. The molecule has 2 heterocycles. The van der Waals surface area contributed by atoms with Crippen molar-refractivity contribution in [2.24, 2.45) is 17.8 Å². The van der Waals surface area contributed by atoms with E-state index < -0.39 is 0 Å². The number of hydrogen-bond acceptors (Lipinski definition) is 1. The van der Waals surface area contributed by atoms with E-state index in [0.717, 1.165) is 17.8 Å². The van der Waals surface area contributed by atoms with Gasteiger partial charge in [-0.05, 0) is 37.0 Å². The van der Waals surface area contributed by atoms with Crippen molar-refractivity contribution >= 4 is 0 Å². The summed E-state index contributed by atoms with van der Waals surface area (Å²) in [6.45, 7) is 2.42. The van der Waals surface area contributed by atoms with Gasteiger partial charge in [0.05, 0.1) is 12.1 Å². The Hall–Kier alpha value is -0.0800. The van der Waals surface area contributed by atoms with Gasteiger partial charge >= 0.3 is 0 Å². The van der Waals surface area contributed by atoms with Crippen LogP contribution in [0, 0.1) is 17.8 Å². The van der Waals surface area contributed by atoms with E-state index in [1.165, 1.54) is 19.3 Å². The van der Waals surface area contributed by atoms with E-state index in [1.807, 2.05) is 7.11 Å². The van der Waals surface area contributed by atoms with Gasteiger partial charge in [0.1, 0.15) is 0 Å². The van der Waals surface area contributed by atoms with Crippen LogP contribution in [0.4, 0.5) is 0 Å². The zero-order valence-electron chi connectivity index (χ0n) is 8.44. The minimum absolute atomic E-state index is 0.447. The summed E-state index contributed by atoms with van der Waals surface area (Å²) >= 11 is 0. The lowest BCUT2D eigenvalue weighted by molar-refractivity contribution is -0.112. The summed E-state index contributed by atoms with van der Waals surface area (Å²) in [4.78, 5) is 0. The second-order valence-electron chi connectivity index (χ2n) is 5.06. The van der Waals surface area contributed by atoms with Crippen molar-refractivity contribution < 1.29 is 4.74 Å². The van der Waals surface area contributed by atoms with Gasteiger partial charge in [0.2, 0.25) is 0 Å². The minimum Gasteiger partial charge on any atom is -0.379 e. The molecule has 0 aromatic heterocycles. The Morgan fingerprint density at radius 3 is 2.85 bits per heavy atom. The highest BCUT2D eigenvalue weighted by molar-refractivity contribution is 5.06. The number of piperidine rings is 2. The largest absolute Gasteiger partial charge is 0.379 e. The van der Waals surface area contributed by atoms with Crippen molar-refractivity contribution in [2.45, 2.75) is 44.4 Å². The molecule has 0 aromatic rings. The van der Waals surface area contributed by atoms with Crippen LogP contribution in [0.15, 0.2) is 0 Å². The maximum absolute atomic E-state index is 5.60. The fourth-order valence-corrected chi connectivity index (χ4v) is 3.88. The van der Waals surface area contributed by atoms with Gasteiger partial charge in [0.15, 0.2) is 0 Å². The summed E-state index contributed by atoms with van der Waals surface area (Å²) in [5, 5.41) is 4.83. The van der Waals surface area contributed by atoms with Crippen LogP contribution >= 0.6 is 0 Å². The van der Waals surface area contributed by atoms with Crippen LogP contribution in [0.1, 0.15) is 26.2 Å². The predicted octanol–water partition coefficient (Wildman–Crippen LogP) is 1.42. The Morgan fingerprint density at radius 1 is 1.23 bits per heavy atom. The van der Waals surface area contributed by atoms with Gasteiger partial charge in [-0.3, -0.25) is 0 Å². The molecule has 4 rings (SSSR count). The Labute approximate surface area is 80.0 Å². The van der Waals surface area contributed by atoms with E-state index in [2.05, 4.69) is 6.92 Å². The number of nitrogens with zero attached hydrogens (tertiary/aromatic N) is 1. The van der Waals surface area contributed by atoms with Gasteiger partial charge < -0.3 is 4.74 Å². The minimum atomic E-state index is 0.447. The SMILES string of the molecule is COC1C2CC3CC(CC1C3C)[N]2. The van der Waals surface area contributed by atoms with Gasteiger partial charge in [-0.25, -0.2) is 5.32 Å². The molecule has 6 unspecified atom stereocenters. The Bertz CT molecular complexity index is 218. The van der Waals surface area contributed by atoms with Crippen LogP contribution in [0.5, 0.6) is 0 Å². The zero-order valence-corrected chi connectivity index (χ0v) is 8.44. The molecule has 73 valence electrons. The van der Waals surface area contributed by atoms with Gasteiger partial charge in [-0.1, -0.05) is 6.92 Å². The summed E-state index contributed by atoms with van der Waals surface area (Å²) in [5.74, 6) is 2.65. The predicted molar refractivity (Wildman–Crippen MR) is 50.5 cm³/mol. The number of ether oxygens (including phenoxy) is 1. The van der Waals surface area contributed by atoms with Crippen LogP contribution in [0.25, 0.3) is 0 Å². The molecule has 4 aliphatic rings. The molecule has 0 amide bonds. The smallest absolute Gasteiger partial charge is 0.0772 e. The molecule has 2 saturated heterocycles.